The van der Waals surface area contributed by atoms with Crippen molar-refractivity contribution in [3.05, 3.63) is 35.4 Å². The molecule has 1 atom stereocenters. The maximum Gasteiger partial charge on any atom is 0.416 e. The Hall–Kier alpha value is -1.64. The predicted molar refractivity (Wildman–Crippen MR) is 87.8 cm³/mol. The number of benzene rings is 1. The molecule has 1 saturated heterocycles. The molecule has 1 aromatic rings. The van der Waals surface area contributed by atoms with Crippen molar-refractivity contribution in [2.45, 2.75) is 25.1 Å². The number of piperazine rings is 1. The van der Waals surface area contributed by atoms with Gasteiger partial charge in [0.05, 0.1) is 18.2 Å². The minimum Gasteiger partial charge on any atom is -0.392 e. The Morgan fingerprint density at radius 3 is 2.20 bits per heavy atom. The lowest BCUT2D eigenvalue weighted by atomic mass is 10.0. The van der Waals surface area contributed by atoms with Gasteiger partial charge in [0.1, 0.15) is 0 Å². The number of halogens is 3. The first-order valence-corrected chi connectivity index (χ1v) is 8.31. The van der Waals surface area contributed by atoms with Crippen molar-refractivity contribution in [3.63, 3.8) is 0 Å². The van der Waals surface area contributed by atoms with E-state index in [4.69, 9.17) is 5.73 Å². The summed E-state index contributed by atoms with van der Waals surface area (Å²) >= 11 is 0. The number of alkyl halides is 3. The van der Waals surface area contributed by atoms with E-state index in [1.807, 2.05) is 4.90 Å². The van der Waals surface area contributed by atoms with E-state index in [0.29, 0.717) is 19.4 Å². The molecule has 1 fully saturated rings. The van der Waals surface area contributed by atoms with Gasteiger partial charge in [0.15, 0.2) is 0 Å². The van der Waals surface area contributed by atoms with Gasteiger partial charge in [-0.25, -0.2) is 0 Å². The fourth-order valence-electron chi connectivity index (χ4n) is 2.93. The Bertz CT molecular complexity index is 555. The third-order valence-electron chi connectivity index (χ3n) is 4.36. The average molecular weight is 359 g/mol. The van der Waals surface area contributed by atoms with Gasteiger partial charge in [-0.3, -0.25) is 14.6 Å². The molecule has 0 radical (unpaired) electrons. The van der Waals surface area contributed by atoms with Crippen LogP contribution >= 0.6 is 0 Å². The monoisotopic (exact) mass is 359 g/mol. The van der Waals surface area contributed by atoms with Crippen LogP contribution in [0, 0.1) is 0 Å². The van der Waals surface area contributed by atoms with E-state index in [2.05, 4.69) is 4.90 Å². The second kappa shape index (κ2) is 8.64. The molecule has 8 heteroatoms. The molecule has 1 amide bonds. The van der Waals surface area contributed by atoms with E-state index in [1.165, 1.54) is 12.1 Å². The number of amides is 1. The van der Waals surface area contributed by atoms with E-state index >= 15 is 0 Å². The highest BCUT2D eigenvalue weighted by molar-refractivity contribution is 5.75. The Balaban J connectivity index is 1.71. The van der Waals surface area contributed by atoms with E-state index in [-0.39, 0.29) is 12.5 Å². The minimum atomic E-state index is -4.32. The molecular weight excluding hydrogens is 335 g/mol. The van der Waals surface area contributed by atoms with Gasteiger partial charge < -0.3 is 10.8 Å². The zero-order valence-electron chi connectivity index (χ0n) is 14.0. The van der Waals surface area contributed by atoms with E-state index < -0.39 is 17.8 Å². The molecule has 0 aromatic heterocycles. The fraction of sp³-hybridized carbons (Fsp3) is 0.588. The van der Waals surface area contributed by atoms with Gasteiger partial charge in [0.2, 0.25) is 5.91 Å². The van der Waals surface area contributed by atoms with Gasteiger partial charge >= 0.3 is 6.18 Å². The number of hydrogen-bond donors (Lipinski definition) is 2. The van der Waals surface area contributed by atoms with Gasteiger partial charge in [-0.1, -0.05) is 12.1 Å². The van der Waals surface area contributed by atoms with Crippen molar-refractivity contribution in [1.82, 2.24) is 9.80 Å². The maximum absolute atomic E-state index is 12.5. The van der Waals surface area contributed by atoms with Crippen molar-refractivity contribution in [3.8, 4) is 0 Å². The molecule has 0 aliphatic carbocycles. The molecule has 140 valence electrons. The second-order valence-electron chi connectivity index (χ2n) is 6.43. The summed E-state index contributed by atoms with van der Waals surface area (Å²) in [6, 6.07) is 5.05. The Morgan fingerprint density at radius 2 is 1.68 bits per heavy atom. The van der Waals surface area contributed by atoms with Crippen molar-refractivity contribution in [2.24, 2.45) is 5.73 Å². The van der Waals surface area contributed by atoms with Crippen LogP contribution in [0.4, 0.5) is 13.2 Å². The quantitative estimate of drug-likeness (QED) is 0.765. The molecule has 3 N–H and O–H groups in total. The fourth-order valence-corrected chi connectivity index (χ4v) is 2.93. The number of rotatable bonds is 7. The summed E-state index contributed by atoms with van der Waals surface area (Å²) in [6.45, 7) is 3.74. The normalized spacial score (nSPS) is 18.2. The summed E-state index contributed by atoms with van der Waals surface area (Å²) in [4.78, 5) is 15.0. The number of primary amides is 1. The Labute approximate surface area is 145 Å². The van der Waals surface area contributed by atoms with Gasteiger partial charge in [0.25, 0.3) is 0 Å². The highest BCUT2D eigenvalue weighted by Crippen LogP contribution is 2.29. The number of aliphatic hydroxyl groups is 1. The molecule has 1 aliphatic heterocycles. The third kappa shape index (κ3) is 6.64. The molecule has 0 bridgehead atoms. The number of β-amino-alcohol motifs (C(OH)–C–C–N with tert-alkyl or cyclic N) is 1. The molecule has 5 nitrogen and oxygen atoms in total. The highest BCUT2D eigenvalue weighted by Gasteiger charge is 2.29. The molecule has 0 saturated carbocycles. The maximum atomic E-state index is 12.5. The number of nitrogens with two attached hydrogens (primary N) is 1. The first kappa shape index (κ1) is 19.7. The molecule has 2 rings (SSSR count). The van der Waals surface area contributed by atoms with E-state index in [0.717, 1.165) is 43.9 Å². The Morgan fingerprint density at radius 1 is 1.12 bits per heavy atom. The summed E-state index contributed by atoms with van der Waals surface area (Å²) in [6.07, 6.45) is -3.84. The van der Waals surface area contributed by atoms with Crippen LogP contribution < -0.4 is 5.73 Å². The van der Waals surface area contributed by atoms with Crippen molar-refractivity contribution < 1.29 is 23.1 Å². The van der Waals surface area contributed by atoms with Gasteiger partial charge in [-0.2, -0.15) is 13.2 Å². The summed E-state index contributed by atoms with van der Waals surface area (Å²) in [7, 11) is 0. The van der Waals surface area contributed by atoms with Gasteiger partial charge in [-0.05, 0) is 30.5 Å². The molecule has 25 heavy (non-hydrogen) atoms. The van der Waals surface area contributed by atoms with Crippen LogP contribution in [0.5, 0.6) is 0 Å². The van der Waals surface area contributed by atoms with Crippen LogP contribution in [0.1, 0.15) is 17.5 Å². The van der Waals surface area contributed by atoms with Crippen LogP contribution in [-0.4, -0.2) is 66.2 Å². The number of aryl methyl sites for hydroxylation is 1. The number of carbonyl (C=O) groups excluding carboxylic acids is 1. The Kier molecular flexibility index (Phi) is 6.80. The molecule has 1 aromatic carbocycles. The smallest absolute Gasteiger partial charge is 0.392 e. The standard InChI is InChI=1S/C17H24F3N3O2/c18-17(19,20)14-4-1-13(2-5-14)3-6-15(24)11-22-7-9-23(10-8-22)12-16(21)25/h1-2,4-5,15,24H,3,6-12H2,(H2,21,25). The number of aliphatic hydroxyl groups excluding tert-OH is 1. The SMILES string of the molecule is NC(=O)CN1CCN(CC(O)CCc2ccc(C(F)(F)F)cc2)CC1. The van der Waals surface area contributed by atoms with Gasteiger partial charge in [-0.15, -0.1) is 0 Å². The van der Waals surface area contributed by atoms with Crippen LogP contribution in [0.25, 0.3) is 0 Å². The second-order valence-corrected chi connectivity index (χ2v) is 6.43. The molecule has 1 aliphatic rings. The van der Waals surface area contributed by atoms with E-state index in [1.54, 1.807) is 0 Å². The van der Waals surface area contributed by atoms with Crippen molar-refractivity contribution >= 4 is 5.91 Å². The lowest BCUT2D eigenvalue weighted by molar-refractivity contribution is -0.137. The van der Waals surface area contributed by atoms with Crippen LogP contribution in [-0.2, 0) is 17.4 Å². The molecule has 0 spiro atoms. The lowest BCUT2D eigenvalue weighted by Gasteiger charge is -2.35. The predicted octanol–water partition coefficient (Wildman–Crippen LogP) is 1.10. The minimum absolute atomic E-state index is 0.254. The highest BCUT2D eigenvalue weighted by atomic mass is 19.4. The summed E-state index contributed by atoms with van der Waals surface area (Å²) < 4.78 is 37.6. The largest absolute Gasteiger partial charge is 0.416 e. The third-order valence-corrected chi connectivity index (χ3v) is 4.36. The van der Waals surface area contributed by atoms with E-state index in [9.17, 15) is 23.1 Å². The number of nitrogens with zero attached hydrogens (tertiary/aromatic N) is 2. The van der Waals surface area contributed by atoms with Crippen LogP contribution in [0.15, 0.2) is 24.3 Å². The summed E-state index contributed by atoms with van der Waals surface area (Å²) in [5.74, 6) is -0.343. The summed E-state index contributed by atoms with van der Waals surface area (Å²) in [5.41, 5.74) is 5.28. The molecular formula is C17H24F3N3O2. The number of hydrogen-bond acceptors (Lipinski definition) is 4. The van der Waals surface area contributed by atoms with Crippen molar-refractivity contribution in [1.29, 1.82) is 0 Å². The average Bonchev–Trinajstić information content (AvgIpc) is 2.54. The number of carbonyl (C=O) groups is 1. The zero-order valence-corrected chi connectivity index (χ0v) is 14.0. The van der Waals surface area contributed by atoms with Crippen LogP contribution in [0.3, 0.4) is 0 Å². The lowest BCUT2D eigenvalue weighted by Crippen LogP contribution is -2.50. The molecule has 1 unspecified atom stereocenters. The summed E-state index contributed by atoms with van der Waals surface area (Å²) in [5, 5.41) is 10.1. The van der Waals surface area contributed by atoms with Crippen LogP contribution in [0.2, 0.25) is 0 Å². The zero-order chi connectivity index (χ0) is 18.4. The first-order chi connectivity index (χ1) is 11.7. The topological polar surface area (TPSA) is 69.8 Å². The molecule has 1 heterocycles. The van der Waals surface area contributed by atoms with Gasteiger partial charge in [0, 0.05) is 32.7 Å². The van der Waals surface area contributed by atoms with Crippen molar-refractivity contribution in [2.75, 3.05) is 39.3 Å². The first-order valence-electron chi connectivity index (χ1n) is 8.31.